The third kappa shape index (κ3) is 3.69. The number of sulfonamides is 1. The Morgan fingerprint density at radius 3 is 2.70 bits per heavy atom. The Bertz CT molecular complexity index is 696. The van der Waals surface area contributed by atoms with Crippen molar-refractivity contribution in [1.82, 2.24) is 5.32 Å². The molecular weight excluding hydrogens is 323 g/mol. The number of hydrogen-bond acceptors (Lipinski definition) is 4. The average Bonchev–Trinajstić information content (AvgIpc) is 2.76. The van der Waals surface area contributed by atoms with Gasteiger partial charge in [0.15, 0.2) is 0 Å². The van der Waals surface area contributed by atoms with E-state index < -0.39 is 15.8 Å². The van der Waals surface area contributed by atoms with E-state index in [1.165, 1.54) is 6.07 Å². The largest absolute Gasteiger partial charge is 0.316 e. The predicted molar refractivity (Wildman–Crippen MR) is 79.3 cm³/mol. The summed E-state index contributed by atoms with van der Waals surface area (Å²) in [5.74, 6) is -0.600. The number of hydrogen-bond donors (Lipinski definition) is 2. The highest BCUT2D eigenvalue weighted by molar-refractivity contribution is 7.94. The highest BCUT2D eigenvalue weighted by Gasteiger charge is 2.17. The maximum atomic E-state index is 13.2. The number of halogens is 2. The normalized spacial score (nSPS) is 11.6. The Kier molecular flexibility index (Phi) is 4.64. The molecule has 0 radical (unpaired) electrons. The maximum absolute atomic E-state index is 13.2. The lowest BCUT2D eigenvalue weighted by Gasteiger charge is -2.06. The van der Waals surface area contributed by atoms with Crippen LogP contribution < -0.4 is 10.0 Å². The molecule has 0 fully saturated rings. The summed E-state index contributed by atoms with van der Waals surface area (Å²) in [7, 11) is -1.95. The first kappa shape index (κ1) is 15.2. The third-order valence-corrected chi connectivity index (χ3v) is 5.48. The van der Waals surface area contributed by atoms with Gasteiger partial charge in [-0.25, -0.2) is 12.8 Å². The molecule has 1 aromatic carbocycles. The highest BCUT2D eigenvalue weighted by Crippen LogP contribution is 2.25. The van der Waals surface area contributed by atoms with E-state index in [0.717, 1.165) is 29.0 Å². The standard InChI is InChI=1S/C12H12ClFN2O2S2/c1-15-6-8-2-12(19-7-8)20(17,18)16-11-4-9(13)3-10(14)5-11/h2-5,7,15-16H,6H2,1H3. The zero-order valence-corrected chi connectivity index (χ0v) is 12.9. The Balaban J connectivity index is 2.25. The van der Waals surface area contributed by atoms with Gasteiger partial charge < -0.3 is 5.32 Å². The first-order valence-electron chi connectivity index (χ1n) is 5.61. The van der Waals surface area contributed by atoms with E-state index in [1.54, 1.807) is 18.5 Å². The van der Waals surface area contributed by atoms with Crippen LogP contribution in [0.5, 0.6) is 0 Å². The van der Waals surface area contributed by atoms with Crippen molar-refractivity contribution < 1.29 is 12.8 Å². The van der Waals surface area contributed by atoms with Crippen LogP contribution in [0.1, 0.15) is 5.56 Å². The van der Waals surface area contributed by atoms with Crippen LogP contribution in [0, 0.1) is 5.82 Å². The van der Waals surface area contributed by atoms with Crippen LogP contribution in [-0.2, 0) is 16.6 Å². The van der Waals surface area contributed by atoms with Gasteiger partial charge >= 0.3 is 0 Å². The van der Waals surface area contributed by atoms with Crippen molar-refractivity contribution >= 4 is 38.6 Å². The molecule has 0 bridgehead atoms. The van der Waals surface area contributed by atoms with Gasteiger partial charge in [0.05, 0.1) is 5.69 Å². The minimum atomic E-state index is -3.73. The van der Waals surface area contributed by atoms with Crippen molar-refractivity contribution in [3.63, 3.8) is 0 Å². The summed E-state index contributed by atoms with van der Waals surface area (Å²) in [5, 5.41) is 4.82. The summed E-state index contributed by atoms with van der Waals surface area (Å²) in [6.07, 6.45) is 0. The van der Waals surface area contributed by atoms with Gasteiger partial charge in [0.25, 0.3) is 10.0 Å². The Hall–Kier alpha value is -1.15. The summed E-state index contributed by atoms with van der Waals surface area (Å²) >= 11 is 6.80. The van der Waals surface area contributed by atoms with Gasteiger partial charge in [-0.3, -0.25) is 4.72 Å². The quantitative estimate of drug-likeness (QED) is 0.883. The molecule has 0 saturated heterocycles. The molecule has 4 nitrogen and oxygen atoms in total. The molecule has 0 spiro atoms. The van der Waals surface area contributed by atoms with E-state index in [4.69, 9.17) is 11.6 Å². The molecule has 20 heavy (non-hydrogen) atoms. The highest BCUT2D eigenvalue weighted by atomic mass is 35.5. The van der Waals surface area contributed by atoms with Gasteiger partial charge in [-0.1, -0.05) is 11.6 Å². The Morgan fingerprint density at radius 1 is 1.30 bits per heavy atom. The number of anilines is 1. The lowest BCUT2D eigenvalue weighted by Crippen LogP contribution is -2.12. The van der Waals surface area contributed by atoms with Crippen molar-refractivity contribution in [2.75, 3.05) is 11.8 Å². The van der Waals surface area contributed by atoms with E-state index in [-0.39, 0.29) is 14.9 Å². The van der Waals surface area contributed by atoms with E-state index in [2.05, 4.69) is 10.0 Å². The molecule has 1 heterocycles. The number of rotatable bonds is 5. The fourth-order valence-electron chi connectivity index (χ4n) is 1.61. The van der Waals surface area contributed by atoms with Crippen LogP contribution in [0.2, 0.25) is 5.02 Å². The van der Waals surface area contributed by atoms with Crippen LogP contribution in [0.4, 0.5) is 10.1 Å². The van der Waals surface area contributed by atoms with Crippen LogP contribution >= 0.6 is 22.9 Å². The van der Waals surface area contributed by atoms with Crippen molar-refractivity contribution in [1.29, 1.82) is 0 Å². The van der Waals surface area contributed by atoms with E-state index in [9.17, 15) is 12.8 Å². The molecule has 0 saturated carbocycles. The monoisotopic (exact) mass is 334 g/mol. The lowest BCUT2D eigenvalue weighted by atomic mass is 10.3. The second-order valence-electron chi connectivity index (χ2n) is 4.07. The number of nitrogens with one attached hydrogen (secondary N) is 2. The molecule has 0 atom stereocenters. The van der Waals surface area contributed by atoms with Crippen LogP contribution in [0.15, 0.2) is 33.9 Å². The molecule has 2 rings (SSSR count). The molecule has 0 aliphatic heterocycles. The van der Waals surface area contributed by atoms with Crippen molar-refractivity contribution in [2.24, 2.45) is 0 Å². The van der Waals surface area contributed by atoms with Crippen molar-refractivity contribution in [2.45, 2.75) is 10.8 Å². The topological polar surface area (TPSA) is 58.2 Å². The van der Waals surface area contributed by atoms with Crippen molar-refractivity contribution in [3.05, 3.63) is 46.0 Å². The molecule has 0 aliphatic rings. The van der Waals surface area contributed by atoms with Gasteiger partial charge in [-0.05, 0) is 42.3 Å². The Labute approximate surface area is 125 Å². The van der Waals surface area contributed by atoms with Gasteiger partial charge in [0.2, 0.25) is 0 Å². The summed E-state index contributed by atoms with van der Waals surface area (Å²) in [4.78, 5) is 0. The molecule has 0 aliphatic carbocycles. The Morgan fingerprint density at radius 2 is 2.05 bits per heavy atom. The minimum absolute atomic E-state index is 0.0959. The summed E-state index contributed by atoms with van der Waals surface area (Å²) in [6, 6.07) is 5.11. The molecule has 2 N–H and O–H groups in total. The van der Waals surface area contributed by atoms with Crippen LogP contribution in [0.3, 0.4) is 0 Å². The second kappa shape index (κ2) is 6.09. The first-order chi connectivity index (χ1) is 9.40. The first-order valence-corrected chi connectivity index (χ1v) is 8.36. The average molecular weight is 335 g/mol. The summed E-state index contributed by atoms with van der Waals surface area (Å²) in [5.41, 5.74) is 0.966. The van der Waals surface area contributed by atoms with E-state index in [1.807, 2.05) is 0 Å². The molecule has 0 unspecified atom stereocenters. The SMILES string of the molecule is CNCc1csc(S(=O)(=O)Nc2cc(F)cc(Cl)c2)c1. The smallest absolute Gasteiger partial charge is 0.271 e. The molecule has 1 aromatic heterocycles. The van der Waals surface area contributed by atoms with Gasteiger partial charge in [0.1, 0.15) is 10.0 Å². The zero-order chi connectivity index (χ0) is 14.8. The van der Waals surface area contributed by atoms with E-state index in [0.29, 0.717) is 6.54 Å². The fraction of sp³-hybridized carbons (Fsp3) is 0.167. The summed E-state index contributed by atoms with van der Waals surface area (Å²) in [6.45, 7) is 0.581. The minimum Gasteiger partial charge on any atom is -0.316 e. The van der Waals surface area contributed by atoms with E-state index >= 15 is 0 Å². The number of thiophene rings is 1. The molecule has 108 valence electrons. The van der Waals surface area contributed by atoms with Crippen LogP contribution in [0.25, 0.3) is 0 Å². The van der Waals surface area contributed by atoms with Gasteiger partial charge in [-0.15, -0.1) is 11.3 Å². The molecule has 0 amide bonds. The second-order valence-corrected chi connectivity index (χ2v) is 7.32. The maximum Gasteiger partial charge on any atom is 0.271 e. The van der Waals surface area contributed by atoms with Crippen molar-refractivity contribution in [3.8, 4) is 0 Å². The molecular formula is C12H12ClFN2O2S2. The molecule has 2 aromatic rings. The van der Waals surface area contributed by atoms with Gasteiger partial charge in [-0.2, -0.15) is 0 Å². The molecule has 8 heteroatoms. The predicted octanol–water partition coefficient (Wildman–Crippen LogP) is 3.06. The summed E-state index contributed by atoms with van der Waals surface area (Å²) < 4.78 is 40.0. The third-order valence-electron chi connectivity index (χ3n) is 2.39. The van der Waals surface area contributed by atoms with Gasteiger partial charge in [0, 0.05) is 11.6 Å². The zero-order valence-electron chi connectivity index (χ0n) is 10.5. The fourth-order valence-corrected chi connectivity index (χ4v) is 4.08. The van der Waals surface area contributed by atoms with Crippen LogP contribution in [-0.4, -0.2) is 15.5 Å². The number of benzene rings is 1. The lowest BCUT2D eigenvalue weighted by molar-refractivity contribution is 0.603.